The molecule has 4 nitrogen and oxygen atoms in total. The van der Waals surface area contributed by atoms with Gasteiger partial charge in [-0.2, -0.15) is 0 Å². The van der Waals surface area contributed by atoms with Crippen molar-refractivity contribution in [3.8, 4) is 0 Å². The third kappa shape index (κ3) is 2.78. The number of halogens is 1. The van der Waals surface area contributed by atoms with Crippen molar-refractivity contribution in [2.75, 3.05) is 4.90 Å². The Morgan fingerprint density at radius 1 is 0.778 bits per heavy atom. The normalized spacial score (nSPS) is 28.9. The van der Waals surface area contributed by atoms with Gasteiger partial charge in [0.15, 0.2) is 5.78 Å². The van der Waals surface area contributed by atoms with Gasteiger partial charge in [-0.05, 0) is 53.8 Å². The van der Waals surface area contributed by atoms with E-state index < -0.39 is 22.7 Å². The summed E-state index contributed by atoms with van der Waals surface area (Å²) < 4.78 is 0.791. The molecule has 3 aliphatic rings. The van der Waals surface area contributed by atoms with Crippen LogP contribution in [0.4, 0.5) is 5.69 Å². The Bertz CT molecular complexity index is 1450. The van der Waals surface area contributed by atoms with E-state index in [0.29, 0.717) is 12.1 Å². The maximum Gasteiger partial charge on any atom is 0.239 e. The molecule has 180 valence electrons. The summed E-state index contributed by atoms with van der Waals surface area (Å²) in [5.41, 5.74) is 2.09. The number of carbonyl (C=O) groups is 3. The zero-order chi connectivity index (χ0) is 25.2. The third-order valence-electron chi connectivity index (χ3n) is 8.39. The van der Waals surface area contributed by atoms with Crippen molar-refractivity contribution in [2.24, 2.45) is 22.7 Å². The number of benzene rings is 3. The van der Waals surface area contributed by atoms with Crippen LogP contribution in [-0.2, 0) is 14.4 Å². The number of imide groups is 1. The monoisotopic (exact) mass is 539 g/mol. The van der Waals surface area contributed by atoms with Gasteiger partial charge in [-0.15, -0.1) is 0 Å². The molecule has 1 saturated carbocycles. The van der Waals surface area contributed by atoms with Crippen molar-refractivity contribution in [2.45, 2.75) is 26.7 Å². The summed E-state index contributed by atoms with van der Waals surface area (Å²) >= 11 is 3.47. The Balaban J connectivity index is 1.66. The molecule has 0 aromatic heterocycles. The lowest BCUT2D eigenvalue weighted by molar-refractivity contribution is -0.134. The van der Waals surface area contributed by atoms with Gasteiger partial charge in [0.2, 0.25) is 11.8 Å². The highest BCUT2D eigenvalue weighted by molar-refractivity contribution is 9.10. The first kappa shape index (κ1) is 23.1. The van der Waals surface area contributed by atoms with Crippen molar-refractivity contribution in [3.05, 3.63) is 101 Å². The van der Waals surface area contributed by atoms with E-state index in [4.69, 9.17) is 0 Å². The van der Waals surface area contributed by atoms with Crippen LogP contribution in [0.15, 0.2) is 89.4 Å². The molecule has 0 spiro atoms. The molecule has 1 heterocycles. The lowest BCUT2D eigenvalue weighted by Crippen LogP contribution is -2.41. The number of amides is 2. The highest BCUT2D eigenvalue weighted by atomic mass is 79.9. The van der Waals surface area contributed by atoms with Crippen molar-refractivity contribution < 1.29 is 14.4 Å². The predicted octanol–water partition coefficient (Wildman–Crippen LogP) is 6.55. The first-order valence-electron chi connectivity index (χ1n) is 12.4. The van der Waals surface area contributed by atoms with Crippen LogP contribution < -0.4 is 4.90 Å². The molecule has 2 amide bonds. The minimum absolute atomic E-state index is 0.0140. The number of hydrogen-bond acceptors (Lipinski definition) is 3. The number of hydrogen-bond donors (Lipinski definition) is 0. The molecular weight excluding hydrogens is 514 g/mol. The summed E-state index contributed by atoms with van der Waals surface area (Å²) in [7, 11) is 0. The topological polar surface area (TPSA) is 54.5 Å². The Kier molecular flexibility index (Phi) is 5.20. The molecule has 4 atom stereocenters. The van der Waals surface area contributed by atoms with E-state index >= 15 is 0 Å². The Morgan fingerprint density at radius 2 is 1.36 bits per heavy atom. The second kappa shape index (κ2) is 8.10. The SMILES string of the molecule is CCC[C@@]12C(=O)[C@@](C)(C(c3ccccc3)=C1c1ccccc1)[C@H]1C(=O)N(c3cccc(Br)c3)C(=O)[C@@H]12. The quantitative estimate of drug-likeness (QED) is 0.345. The molecule has 2 aliphatic carbocycles. The molecule has 5 heteroatoms. The van der Waals surface area contributed by atoms with Gasteiger partial charge in [0.25, 0.3) is 0 Å². The molecule has 0 N–H and O–H groups in total. The highest BCUT2D eigenvalue weighted by Gasteiger charge is 2.80. The van der Waals surface area contributed by atoms with E-state index in [-0.39, 0.29) is 17.6 Å². The largest absolute Gasteiger partial charge is 0.298 e. The van der Waals surface area contributed by atoms with Gasteiger partial charge >= 0.3 is 0 Å². The van der Waals surface area contributed by atoms with Crippen molar-refractivity contribution in [3.63, 3.8) is 0 Å². The summed E-state index contributed by atoms with van der Waals surface area (Å²) in [4.78, 5) is 44.3. The highest BCUT2D eigenvalue weighted by Crippen LogP contribution is 2.75. The second-order valence-corrected chi connectivity index (χ2v) is 11.1. The van der Waals surface area contributed by atoms with E-state index in [2.05, 4.69) is 15.9 Å². The van der Waals surface area contributed by atoms with E-state index in [1.54, 1.807) is 12.1 Å². The predicted molar refractivity (Wildman–Crippen MR) is 144 cm³/mol. The molecule has 3 aromatic carbocycles. The Morgan fingerprint density at radius 3 is 1.94 bits per heavy atom. The summed E-state index contributed by atoms with van der Waals surface area (Å²) in [6, 6.07) is 27.1. The first-order chi connectivity index (χ1) is 17.4. The Labute approximate surface area is 219 Å². The van der Waals surface area contributed by atoms with Crippen LogP contribution in [0.3, 0.4) is 0 Å². The number of carbonyl (C=O) groups excluding carboxylic acids is 3. The second-order valence-electron chi connectivity index (χ2n) is 10.2. The van der Waals surface area contributed by atoms with Gasteiger partial charge in [-0.1, -0.05) is 96.0 Å². The zero-order valence-corrected chi connectivity index (χ0v) is 21.8. The van der Waals surface area contributed by atoms with E-state index in [1.807, 2.05) is 86.6 Å². The standard InChI is InChI=1S/C31H26BrNO3/c1-3-17-31-24(20-13-8-5-9-14-20)23(19-11-6-4-7-12-19)30(2,29(31)36)25-26(31)28(35)33(27(25)34)22-16-10-15-21(32)18-22/h4-16,18,25-26H,3,17H2,1-2H3/t25-,26-,30+,31-/m1/s1. The number of Topliss-reactive ketones (excluding diaryl/α,β-unsaturated/α-hetero) is 1. The first-order valence-corrected chi connectivity index (χ1v) is 13.2. The summed E-state index contributed by atoms with van der Waals surface area (Å²) in [6.45, 7) is 3.95. The number of ketones is 1. The lowest BCUT2D eigenvalue weighted by Gasteiger charge is -2.37. The van der Waals surface area contributed by atoms with E-state index in [9.17, 15) is 14.4 Å². The van der Waals surface area contributed by atoms with Gasteiger partial charge in [0.1, 0.15) is 0 Å². The number of allylic oxidation sites excluding steroid dienone is 2. The average Bonchev–Trinajstić information content (AvgIpc) is 3.35. The van der Waals surface area contributed by atoms with Gasteiger partial charge in [0.05, 0.1) is 28.4 Å². The molecule has 3 aromatic rings. The van der Waals surface area contributed by atoms with Gasteiger partial charge < -0.3 is 0 Å². The van der Waals surface area contributed by atoms with Gasteiger partial charge in [-0.3, -0.25) is 14.4 Å². The van der Waals surface area contributed by atoms with E-state index in [0.717, 1.165) is 33.2 Å². The molecule has 2 bridgehead atoms. The van der Waals surface area contributed by atoms with Crippen LogP contribution in [0, 0.1) is 22.7 Å². The minimum atomic E-state index is -1.10. The molecule has 1 aliphatic heterocycles. The number of fused-ring (bicyclic) bond motifs is 5. The summed E-state index contributed by atoms with van der Waals surface area (Å²) in [6.07, 6.45) is 1.25. The molecule has 36 heavy (non-hydrogen) atoms. The van der Waals surface area contributed by atoms with Crippen molar-refractivity contribution in [1.29, 1.82) is 0 Å². The number of rotatable bonds is 5. The molecule has 6 rings (SSSR count). The lowest BCUT2D eigenvalue weighted by atomic mass is 9.61. The van der Waals surface area contributed by atoms with Crippen LogP contribution in [0.2, 0.25) is 0 Å². The van der Waals surface area contributed by atoms with Crippen LogP contribution in [-0.4, -0.2) is 17.6 Å². The Hall–Kier alpha value is -3.31. The summed E-state index contributed by atoms with van der Waals surface area (Å²) in [5.74, 6) is -1.98. The van der Waals surface area contributed by atoms with Crippen molar-refractivity contribution in [1.82, 2.24) is 0 Å². The van der Waals surface area contributed by atoms with Crippen LogP contribution in [0.1, 0.15) is 37.8 Å². The van der Waals surface area contributed by atoms with Crippen LogP contribution in [0.25, 0.3) is 11.1 Å². The van der Waals surface area contributed by atoms with Crippen LogP contribution >= 0.6 is 15.9 Å². The summed E-state index contributed by atoms with van der Waals surface area (Å²) in [5, 5.41) is 0. The maximum atomic E-state index is 14.6. The zero-order valence-electron chi connectivity index (χ0n) is 20.2. The molecular formula is C31H26BrNO3. The fourth-order valence-corrected chi connectivity index (χ4v) is 7.62. The number of nitrogens with zero attached hydrogens (tertiary/aromatic N) is 1. The van der Waals surface area contributed by atoms with Crippen LogP contribution in [0.5, 0.6) is 0 Å². The average molecular weight is 540 g/mol. The van der Waals surface area contributed by atoms with E-state index in [1.165, 1.54) is 4.90 Å². The molecule has 0 radical (unpaired) electrons. The van der Waals surface area contributed by atoms with Gasteiger partial charge in [-0.25, -0.2) is 4.90 Å². The maximum absolute atomic E-state index is 14.6. The molecule has 0 unspecified atom stereocenters. The minimum Gasteiger partial charge on any atom is -0.298 e. The van der Waals surface area contributed by atoms with Crippen molar-refractivity contribution >= 4 is 50.4 Å². The fourth-order valence-electron chi connectivity index (χ4n) is 7.23. The third-order valence-corrected chi connectivity index (χ3v) is 8.88. The fraction of sp³-hybridized carbons (Fsp3) is 0.258. The smallest absolute Gasteiger partial charge is 0.239 e. The number of anilines is 1. The molecule has 1 saturated heterocycles. The molecule has 2 fully saturated rings. The van der Waals surface area contributed by atoms with Gasteiger partial charge in [0, 0.05) is 4.47 Å².